The highest BCUT2D eigenvalue weighted by Crippen LogP contribution is 2.23. The molecule has 0 saturated carbocycles. The zero-order chi connectivity index (χ0) is 17.7. The number of carbonyl (C=O) groups excluding carboxylic acids is 1. The van der Waals surface area contributed by atoms with Crippen molar-refractivity contribution in [2.75, 3.05) is 18.9 Å². The summed E-state index contributed by atoms with van der Waals surface area (Å²) in [4.78, 5) is 22.4. The first-order chi connectivity index (χ1) is 11.4. The third-order valence-corrected chi connectivity index (χ3v) is 4.48. The van der Waals surface area contributed by atoms with E-state index in [2.05, 4.69) is 29.1 Å². The van der Waals surface area contributed by atoms with Gasteiger partial charge in [-0.3, -0.25) is 4.99 Å². The molecular weight excluding hydrogens is 302 g/mol. The van der Waals surface area contributed by atoms with Gasteiger partial charge in [-0.2, -0.15) is 0 Å². The second-order valence-corrected chi connectivity index (χ2v) is 6.52. The van der Waals surface area contributed by atoms with E-state index in [1.807, 2.05) is 30.0 Å². The van der Waals surface area contributed by atoms with Crippen LogP contribution in [0.1, 0.15) is 37.8 Å². The van der Waals surface area contributed by atoms with E-state index in [0.29, 0.717) is 11.8 Å². The summed E-state index contributed by atoms with van der Waals surface area (Å²) in [5.41, 5.74) is 8.52. The lowest BCUT2D eigenvalue weighted by molar-refractivity contribution is 0.150. The number of nitrogens with two attached hydrogens (primary N) is 1. The van der Waals surface area contributed by atoms with E-state index in [1.165, 1.54) is 6.34 Å². The molecule has 24 heavy (non-hydrogen) atoms. The van der Waals surface area contributed by atoms with E-state index >= 15 is 0 Å². The van der Waals surface area contributed by atoms with Gasteiger partial charge in [0.15, 0.2) is 0 Å². The largest absolute Gasteiger partial charge is 0.383 e. The Kier molecular flexibility index (Phi) is 5.95. The average molecular weight is 329 g/mol. The molecule has 2 rings (SSSR count). The van der Waals surface area contributed by atoms with Crippen LogP contribution in [-0.2, 0) is 0 Å². The number of amidine groups is 1. The third kappa shape index (κ3) is 4.34. The van der Waals surface area contributed by atoms with Gasteiger partial charge in [-0.1, -0.05) is 13.0 Å². The van der Waals surface area contributed by atoms with Crippen molar-refractivity contribution in [1.29, 1.82) is 0 Å². The van der Waals surface area contributed by atoms with Gasteiger partial charge < -0.3 is 16.0 Å². The molecule has 1 aromatic rings. The summed E-state index contributed by atoms with van der Waals surface area (Å²) in [6, 6.07) is 5.86. The van der Waals surface area contributed by atoms with Gasteiger partial charge >= 0.3 is 6.03 Å². The monoisotopic (exact) mass is 329 g/mol. The fourth-order valence-electron chi connectivity index (χ4n) is 3.07. The minimum atomic E-state index is -0.0603. The molecule has 0 bridgehead atoms. The molecule has 2 amide bonds. The summed E-state index contributed by atoms with van der Waals surface area (Å²) in [5, 5.41) is 2.98. The van der Waals surface area contributed by atoms with E-state index in [-0.39, 0.29) is 12.1 Å². The van der Waals surface area contributed by atoms with Crippen LogP contribution in [0.2, 0.25) is 0 Å². The van der Waals surface area contributed by atoms with Gasteiger partial charge in [-0.05, 0) is 50.3 Å². The highest BCUT2D eigenvalue weighted by molar-refractivity contribution is 6.03. The number of rotatable bonds is 3. The summed E-state index contributed by atoms with van der Waals surface area (Å²) in [5.74, 6) is 1.06. The summed E-state index contributed by atoms with van der Waals surface area (Å²) < 4.78 is 0. The van der Waals surface area contributed by atoms with E-state index in [9.17, 15) is 4.79 Å². The minimum absolute atomic E-state index is 0.0603. The average Bonchev–Trinajstić information content (AvgIpc) is 2.54. The molecule has 0 spiro atoms. The van der Waals surface area contributed by atoms with Crippen molar-refractivity contribution >= 4 is 23.9 Å². The molecule has 1 heterocycles. The number of nitrogens with zero attached hydrogens (tertiary/aromatic N) is 3. The maximum Gasteiger partial charge on any atom is 0.322 e. The first kappa shape index (κ1) is 18.0. The van der Waals surface area contributed by atoms with Crippen molar-refractivity contribution in [3.63, 3.8) is 0 Å². The number of urea groups is 1. The highest BCUT2D eigenvalue weighted by atomic mass is 16.2. The van der Waals surface area contributed by atoms with Crippen molar-refractivity contribution in [1.82, 2.24) is 4.90 Å². The number of piperidine rings is 1. The van der Waals surface area contributed by atoms with Crippen LogP contribution >= 0.6 is 0 Å². The van der Waals surface area contributed by atoms with Gasteiger partial charge in [0.05, 0.1) is 0 Å². The number of amides is 2. The molecule has 1 saturated heterocycles. The number of aryl methyl sites for hydroxylation is 1. The Balaban J connectivity index is 2.14. The van der Waals surface area contributed by atoms with Crippen LogP contribution < -0.4 is 11.1 Å². The standard InChI is InChI=1S/C18H27N5O/c1-12-7-8-23(14(3)9-12)18(24)22-15-6-5-13(2)16(10-15)17(19)21-11-20-4/h5-6,10-12,14H,7-9H2,1-4H3,(H,22,24)(H2,19,20,21)/t12?,14-/m1/s1. The first-order valence-electron chi connectivity index (χ1n) is 8.35. The van der Waals surface area contributed by atoms with E-state index in [0.717, 1.165) is 36.2 Å². The summed E-state index contributed by atoms with van der Waals surface area (Å²) in [6.45, 7) is 7.09. The molecule has 0 aliphatic carbocycles. The van der Waals surface area contributed by atoms with Gasteiger partial charge in [0.1, 0.15) is 12.2 Å². The van der Waals surface area contributed by atoms with Crippen molar-refractivity contribution < 1.29 is 4.79 Å². The zero-order valence-electron chi connectivity index (χ0n) is 14.9. The van der Waals surface area contributed by atoms with Crippen molar-refractivity contribution in [2.24, 2.45) is 21.6 Å². The molecule has 3 N–H and O–H groups in total. The second kappa shape index (κ2) is 7.95. The number of likely N-dealkylation sites (tertiary alicyclic amines) is 1. The molecule has 6 nitrogen and oxygen atoms in total. The van der Waals surface area contributed by atoms with Crippen LogP contribution in [0.4, 0.5) is 10.5 Å². The Bertz CT molecular complexity index is 653. The maximum absolute atomic E-state index is 12.6. The SMILES string of the molecule is CN=CN=C(N)c1cc(NC(=O)N2CCC(C)C[C@H]2C)ccc1C. The molecule has 2 atom stereocenters. The Labute approximate surface area is 143 Å². The molecule has 1 unspecified atom stereocenters. The number of carbonyl (C=O) groups is 1. The smallest absolute Gasteiger partial charge is 0.322 e. The Morgan fingerprint density at radius 1 is 1.42 bits per heavy atom. The van der Waals surface area contributed by atoms with Crippen LogP contribution in [-0.4, -0.2) is 42.7 Å². The first-order valence-corrected chi connectivity index (χ1v) is 8.35. The van der Waals surface area contributed by atoms with Crippen LogP contribution in [0.25, 0.3) is 0 Å². The summed E-state index contributed by atoms with van der Waals surface area (Å²) in [6.07, 6.45) is 3.51. The fraction of sp³-hybridized carbons (Fsp3) is 0.500. The molecule has 0 radical (unpaired) electrons. The molecule has 1 aromatic carbocycles. The molecule has 1 aliphatic heterocycles. The Hall–Kier alpha value is -2.37. The van der Waals surface area contributed by atoms with Gasteiger partial charge in [0.25, 0.3) is 0 Å². The molecule has 1 aliphatic rings. The van der Waals surface area contributed by atoms with E-state index in [1.54, 1.807) is 7.05 Å². The summed E-state index contributed by atoms with van der Waals surface area (Å²) in [7, 11) is 1.64. The van der Waals surface area contributed by atoms with E-state index in [4.69, 9.17) is 5.73 Å². The minimum Gasteiger partial charge on any atom is -0.383 e. The Morgan fingerprint density at radius 3 is 2.83 bits per heavy atom. The highest BCUT2D eigenvalue weighted by Gasteiger charge is 2.26. The van der Waals surface area contributed by atoms with Gasteiger partial charge in [-0.25, -0.2) is 9.79 Å². The number of hydrogen-bond acceptors (Lipinski definition) is 2. The van der Waals surface area contributed by atoms with Gasteiger partial charge in [-0.15, -0.1) is 0 Å². The lowest BCUT2D eigenvalue weighted by Crippen LogP contribution is -2.46. The maximum atomic E-state index is 12.6. The Morgan fingerprint density at radius 2 is 2.17 bits per heavy atom. The summed E-state index contributed by atoms with van der Waals surface area (Å²) >= 11 is 0. The van der Waals surface area contributed by atoms with Gasteiger partial charge in [0, 0.05) is 30.9 Å². The topological polar surface area (TPSA) is 83.1 Å². The van der Waals surface area contributed by atoms with Crippen molar-refractivity contribution in [3.8, 4) is 0 Å². The van der Waals surface area contributed by atoms with Gasteiger partial charge in [0.2, 0.25) is 0 Å². The molecule has 6 heteroatoms. The molecular formula is C18H27N5O. The zero-order valence-corrected chi connectivity index (χ0v) is 14.9. The lowest BCUT2D eigenvalue weighted by Gasteiger charge is -2.36. The fourth-order valence-corrected chi connectivity index (χ4v) is 3.07. The van der Waals surface area contributed by atoms with E-state index < -0.39 is 0 Å². The molecule has 130 valence electrons. The number of benzene rings is 1. The van der Waals surface area contributed by atoms with Crippen LogP contribution in [0.15, 0.2) is 28.2 Å². The predicted octanol–water partition coefficient (Wildman–Crippen LogP) is 3.01. The number of nitrogens with one attached hydrogen (secondary N) is 1. The van der Waals surface area contributed by atoms with Crippen molar-refractivity contribution in [2.45, 2.75) is 39.7 Å². The second-order valence-electron chi connectivity index (χ2n) is 6.52. The normalized spacial score (nSPS) is 22.0. The third-order valence-electron chi connectivity index (χ3n) is 4.48. The quantitative estimate of drug-likeness (QED) is 0.660. The number of anilines is 1. The predicted molar refractivity (Wildman–Crippen MR) is 99.9 cm³/mol. The van der Waals surface area contributed by atoms with Crippen LogP contribution in [0, 0.1) is 12.8 Å². The van der Waals surface area contributed by atoms with Crippen LogP contribution in [0.5, 0.6) is 0 Å². The lowest BCUT2D eigenvalue weighted by atomic mass is 9.94. The van der Waals surface area contributed by atoms with Crippen LogP contribution in [0.3, 0.4) is 0 Å². The molecule has 1 fully saturated rings. The van der Waals surface area contributed by atoms with Crippen molar-refractivity contribution in [3.05, 3.63) is 29.3 Å². The molecule has 0 aromatic heterocycles. The number of hydrogen-bond donors (Lipinski definition) is 2. The number of aliphatic imine (C=N–C) groups is 2.